The minimum atomic E-state index is -4.63. The highest BCUT2D eigenvalue weighted by atomic mass is 19.4. The van der Waals surface area contributed by atoms with Crippen molar-refractivity contribution in [3.63, 3.8) is 0 Å². The van der Waals surface area contributed by atoms with Gasteiger partial charge in [-0.25, -0.2) is 0 Å². The molecule has 4 rings (SSSR count). The number of methoxy groups -OCH3 is 1. The highest BCUT2D eigenvalue weighted by molar-refractivity contribution is 5.96. The fourth-order valence-corrected chi connectivity index (χ4v) is 5.33. The molecule has 0 bridgehead atoms. The first-order chi connectivity index (χ1) is 17.3. The molecule has 0 aromatic heterocycles. The number of esters is 1. The Balaban J connectivity index is 1.37. The number of benzene rings is 2. The molecule has 1 N–H and O–H groups in total. The molecule has 0 spiro atoms. The predicted octanol–water partition coefficient (Wildman–Crippen LogP) is 3.76. The minimum absolute atomic E-state index is 0.145. The number of halogens is 3. The van der Waals surface area contributed by atoms with Crippen LogP contribution in [0.25, 0.3) is 0 Å². The third kappa shape index (κ3) is 6.25. The van der Waals surface area contributed by atoms with E-state index >= 15 is 0 Å². The molecule has 2 heterocycles. The van der Waals surface area contributed by atoms with Gasteiger partial charge in [0.25, 0.3) is 5.91 Å². The lowest BCUT2D eigenvalue weighted by Gasteiger charge is -2.38. The number of piperidine rings is 1. The zero-order chi connectivity index (χ0) is 25.7. The Kier molecular flexibility index (Phi) is 8.31. The van der Waals surface area contributed by atoms with Gasteiger partial charge in [-0.05, 0) is 56.5 Å². The lowest BCUT2D eigenvalue weighted by Crippen LogP contribution is -2.49. The summed E-state index contributed by atoms with van der Waals surface area (Å²) >= 11 is 0. The van der Waals surface area contributed by atoms with Gasteiger partial charge in [-0.2, -0.15) is 13.2 Å². The maximum Gasteiger partial charge on any atom is 0.417 e. The van der Waals surface area contributed by atoms with Crippen LogP contribution in [-0.2, 0) is 22.1 Å². The molecule has 36 heavy (non-hydrogen) atoms. The van der Waals surface area contributed by atoms with Gasteiger partial charge in [-0.1, -0.05) is 42.5 Å². The summed E-state index contributed by atoms with van der Waals surface area (Å²) in [5, 5.41) is 2.73. The molecule has 2 saturated heterocycles. The minimum Gasteiger partial charge on any atom is -0.468 e. The lowest BCUT2D eigenvalue weighted by molar-refractivity contribution is -0.147. The van der Waals surface area contributed by atoms with E-state index in [9.17, 15) is 22.8 Å². The van der Waals surface area contributed by atoms with Gasteiger partial charge in [0.15, 0.2) is 0 Å². The van der Waals surface area contributed by atoms with Gasteiger partial charge in [0, 0.05) is 25.2 Å². The number of nitrogens with one attached hydrogen (secondary N) is 1. The summed E-state index contributed by atoms with van der Waals surface area (Å²) in [6, 6.07) is 14.3. The second-order valence-electron chi connectivity index (χ2n) is 9.49. The van der Waals surface area contributed by atoms with Crippen molar-refractivity contribution in [3.8, 4) is 0 Å². The standard InChI is InChI=1S/C27H32F3N3O3/c1-36-26(35)24-17-20(31-25(34)22-9-5-6-10-23(22)27(28,29)30)18-33(24)21-12-15-32(16-13-21)14-11-19-7-3-2-4-8-19/h2-10,20-21,24H,11-18H2,1H3,(H,31,34)/t20-,24-/m0/s1. The van der Waals surface area contributed by atoms with Crippen molar-refractivity contribution < 1.29 is 27.5 Å². The average molecular weight is 504 g/mol. The molecule has 9 heteroatoms. The van der Waals surface area contributed by atoms with Gasteiger partial charge in [0.1, 0.15) is 6.04 Å². The summed E-state index contributed by atoms with van der Waals surface area (Å²) in [4.78, 5) is 29.8. The van der Waals surface area contributed by atoms with Gasteiger partial charge < -0.3 is 15.0 Å². The van der Waals surface area contributed by atoms with Crippen molar-refractivity contribution in [2.24, 2.45) is 0 Å². The Morgan fingerprint density at radius 1 is 1.03 bits per heavy atom. The third-order valence-corrected chi connectivity index (χ3v) is 7.21. The van der Waals surface area contributed by atoms with Crippen molar-refractivity contribution in [1.82, 2.24) is 15.1 Å². The van der Waals surface area contributed by atoms with Crippen LogP contribution >= 0.6 is 0 Å². The van der Waals surface area contributed by atoms with E-state index in [1.165, 1.54) is 30.9 Å². The number of alkyl halides is 3. The molecule has 6 nitrogen and oxygen atoms in total. The molecule has 2 aromatic rings. The molecular formula is C27H32F3N3O3. The SMILES string of the molecule is COC(=O)[C@@H]1C[C@H](NC(=O)c2ccccc2C(F)(F)F)CN1C1CCN(CCc2ccccc2)CC1. The molecule has 2 aliphatic heterocycles. The molecule has 0 unspecified atom stereocenters. The molecule has 194 valence electrons. The van der Waals surface area contributed by atoms with Gasteiger partial charge >= 0.3 is 12.1 Å². The van der Waals surface area contributed by atoms with Crippen LogP contribution in [0.5, 0.6) is 0 Å². The summed E-state index contributed by atoms with van der Waals surface area (Å²) in [7, 11) is 1.33. The van der Waals surface area contributed by atoms with Gasteiger partial charge in [0.05, 0.1) is 18.2 Å². The van der Waals surface area contributed by atoms with Crippen LogP contribution < -0.4 is 5.32 Å². The number of rotatable bonds is 7. The van der Waals surface area contributed by atoms with Crippen LogP contribution in [0.15, 0.2) is 54.6 Å². The molecule has 0 aliphatic carbocycles. The van der Waals surface area contributed by atoms with Crippen molar-refractivity contribution in [1.29, 1.82) is 0 Å². The molecule has 2 aliphatic rings. The molecule has 2 atom stereocenters. The maximum absolute atomic E-state index is 13.4. The van der Waals surface area contributed by atoms with Crippen molar-refractivity contribution in [2.75, 3.05) is 33.3 Å². The zero-order valence-corrected chi connectivity index (χ0v) is 20.3. The number of hydrogen-bond acceptors (Lipinski definition) is 5. The van der Waals surface area contributed by atoms with Crippen LogP contribution in [0.2, 0.25) is 0 Å². The van der Waals surface area contributed by atoms with E-state index in [1.807, 2.05) is 18.2 Å². The van der Waals surface area contributed by atoms with Crippen LogP contribution in [0.1, 0.15) is 40.7 Å². The number of likely N-dealkylation sites (tertiary alicyclic amines) is 2. The Labute approximate surface area is 209 Å². The highest BCUT2D eigenvalue weighted by Crippen LogP contribution is 2.32. The number of nitrogens with zero attached hydrogens (tertiary/aromatic N) is 2. The number of amides is 1. The fraction of sp³-hybridized carbons (Fsp3) is 0.481. The van der Waals surface area contributed by atoms with E-state index in [4.69, 9.17) is 4.74 Å². The van der Waals surface area contributed by atoms with Gasteiger partial charge in [-0.3, -0.25) is 14.5 Å². The van der Waals surface area contributed by atoms with E-state index in [0.717, 1.165) is 45.0 Å². The van der Waals surface area contributed by atoms with E-state index < -0.39 is 35.3 Å². The predicted molar refractivity (Wildman–Crippen MR) is 129 cm³/mol. The normalized spacial score (nSPS) is 21.9. The van der Waals surface area contributed by atoms with Crippen LogP contribution in [0.3, 0.4) is 0 Å². The number of carbonyl (C=O) groups is 2. The van der Waals surface area contributed by atoms with Crippen molar-refractivity contribution in [3.05, 3.63) is 71.3 Å². The van der Waals surface area contributed by atoms with E-state index in [2.05, 4.69) is 27.2 Å². The first kappa shape index (κ1) is 26.2. The smallest absolute Gasteiger partial charge is 0.417 e. The quantitative estimate of drug-likeness (QED) is 0.583. The number of hydrogen-bond donors (Lipinski definition) is 1. The summed E-state index contributed by atoms with van der Waals surface area (Å²) in [5.41, 5.74) is -0.0786. The zero-order valence-electron chi connectivity index (χ0n) is 20.3. The number of ether oxygens (including phenoxy) is 1. The largest absolute Gasteiger partial charge is 0.468 e. The van der Waals surface area contributed by atoms with Gasteiger partial charge in [0.2, 0.25) is 0 Å². The molecular weight excluding hydrogens is 471 g/mol. The first-order valence-corrected chi connectivity index (χ1v) is 12.3. The molecule has 2 fully saturated rings. The Morgan fingerprint density at radius 3 is 2.36 bits per heavy atom. The third-order valence-electron chi connectivity index (χ3n) is 7.21. The van der Waals surface area contributed by atoms with E-state index in [1.54, 1.807) is 0 Å². The summed E-state index contributed by atoms with van der Waals surface area (Å²) < 4.78 is 45.1. The summed E-state index contributed by atoms with van der Waals surface area (Å²) in [6.07, 6.45) is -1.59. The Bertz CT molecular complexity index is 1040. The molecule has 0 saturated carbocycles. The number of carbonyl (C=O) groups excluding carboxylic acids is 2. The van der Waals surface area contributed by atoms with E-state index in [0.29, 0.717) is 13.0 Å². The summed E-state index contributed by atoms with van der Waals surface area (Å²) in [6.45, 7) is 3.17. The van der Waals surface area contributed by atoms with E-state index in [-0.39, 0.29) is 12.0 Å². The Hall–Kier alpha value is -2.91. The first-order valence-electron chi connectivity index (χ1n) is 12.3. The molecule has 1 amide bonds. The molecule has 0 radical (unpaired) electrons. The monoisotopic (exact) mass is 503 g/mol. The summed E-state index contributed by atoms with van der Waals surface area (Å²) in [5.74, 6) is -1.16. The van der Waals surface area contributed by atoms with Crippen molar-refractivity contribution in [2.45, 2.75) is 50.0 Å². The van der Waals surface area contributed by atoms with Crippen LogP contribution in [-0.4, -0.2) is 73.1 Å². The lowest BCUT2D eigenvalue weighted by atomic mass is 10.0. The van der Waals surface area contributed by atoms with Gasteiger partial charge in [-0.15, -0.1) is 0 Å². The maximum atomic E-state index is 13.4. The topological polar surface area (TPSA) is 61.9 Å². The fourth-order valence-electron chi connectivity index (χ4n) is 5.33. The van der Waals surface area contributed by atoms with Crippen molar-refractivity contribution >= 4 is 11.9 Å². The highest BCUT2D eigenvalue weighted by Gasteiger charge is 2.43. The Morgan fingerprint density at radius 2 is 1.69 bits per heavy atom. The van der Waals surface area contributed by atoms with Crippen LogP contribution in [0, 0.1) is 0 Å². The second-order valence-corrected chi connectivity index (χ2v) is 9.49. The average Bonchev–Trinajstić information content (AvgIpc) is 3.31. The molecule has 2 aromatic carbocycles. The van der Waals surface area contributed by atoms with Crippen LogP contribution in [0.4, 0.5) is 13.2 Å². The second kappa shape index (κ2) is 11.4.